The van der Waals surface area contributed by atoms with Crippen molar-refractivity contribution < 1.29 is 14.3 Å². The monoisotopic (exact) mass is 237 g/mol. The van der Waals surface area contributed by atoms with Crippen molar-refractivity contribution >= 4 is 23.9 Å². The second-order valence-electron chi connectivity index (χ2n) is 2.83. The van der Waals surface area contributed by atoms with Gasteiger partial charge in [-0.2, -0.15) is 5.26 Å². The van der Waals surface area contributed by atoms with Crippen LogP contribution < -0.4 is 0 Å². The highest BCUT2D eigenvalue weighted by molar-refractivity contribution is 6.33. The molecule has 0 saturated heterocycles. The lowest BCUT2D eigenvalue weighted by Crippen LogP contribution is -2.10. The van der Waals surface area contributed by atoms with E-state index in [4.69, 9.17) is 21.6 Å². The van der Waals surface area contributed by atoms with E-state index in [1.807, 2.05) is 6.07 Å². The quantitative estimate of drug-likeness (QED) is 0.597. The summed E-state index contributed by atoms with van der Waals surface area (Å²) < 4.78 is 4.76. The summed E-state index contributed by atoms with van der Waals surface area (Å²) in [4.78, 5) is 22.4. The molecule has 1 aromatic carbocycles. The van der Waals surface area contributed by atoms with Crippen LogP contribution in [0.25, 0.3) is 0 Å². The van der Waals surface area contributed by atoms with Crippen molar-refractivity contribution in [2.75, 3.05) is 6.61 Å². The topological polar surface area (TPSA) is 67.2 Å². The summed E-state index contributed by atoms with van der Waals surface area (Å²) in [5.41, 5.74) is -0.0176. The van der Waals surface area contributed by atoms with Crippen molar-refractivity contribution in [3.63, 3.8) is 0 Å². The zero-order valence-electron chi connectivity index (χ0n) is 8.49. The fraction of sp³-hybridized carbons (Fsp3) is 0.182. The highest BCUT2D eigenvalue weighted by atomic mass is 35.5. The SMILES string of the molecule is CCOC(=O)c1c(C#N)ccc(Cl)c1C=O. The summed E-state index contributed by atoms with van der Waals surface area (Å²) in [5.74, 6) is -0.719. The van der Waals surface area contributed by atoms with Crippen LogP contribution in [-0.2, 0) is 4.74 Å². The molecule has 5 heteroatoms. The van der Waals surface area contributed by atoms with E-state index in [9.17, 15) is 9.59 Å². The third-order valence-electron chi connectivity index (χ3n) is 1.91. The molecule has 0 saturated carbocycles. The Kier molecular flexibility index (Phi) is 4.03. The maximum Gasteiger partial charge on any atom is 0.340 e. The largest absolute Gasteiger partial charge is 0.462 e. The Labute approximate surface area is 97.4 Å². The first-order valence-electron chi connectivity index (χ1n) is 4.50. The van der Waals surface area contributed by atoms with Gasteiger partial charge in [-0.3, -0.25) is 4.79 Å². The number of nitrogens with zero attached hydrogens (tertiary/aromatic N) is 1. The Morgan fingerprint density at radius 2 is 2.31 bits per heavy atom. The summed E-state index contributed by atoms with van der Waals surface area (Å²) in [6.45, 7) is 1.80. The van der Waals surface area contributed by atoms with Gasteiger partial charge in [-0.1, -0.05) is 11.6 Å². The molecular formula is C11H8ClNO3. The van der Waals surface area contributed by atoms with Gasteiger partial charge in [-0.25, -0.2) is 4.79 Å². The predicted octanol–water partition coefficient (Wildman–Crippen LogP) is 2.20. The van der Waals surface area contributed by atoms with Crippen LogP contribution in [-0.4, -0.2) is 18.9 Å². The summed E-state index contributed by atoms with van der Waals surface area (Å²) in [5, 5.41) is 8.95. The lowest BCUT2D eigenvalue weighted by molar-refractivity contribution is 0.0524. The first-order chi connectivity index (χ1) is 7.65. The maximum atomic E-state index is 11.6. The number of carbonyl (C=O) groups excluding carboxylic acids is 2. The molecule has 1 rings (SSSR count). The normalized spacial score (nSPS) is 9.31. The maximum absolute atomic E-state index is 11.6. The second kappa shape index (κ2) is 5.29. The number of benzene rings is 1. The molecule has 0 N–H and O–H groups in total. The van der Waals surface area contributed by atoms with Gasteiger partial charge in [0.1, 0.15) is 6.07 Å². The lowest BCUT2D eigenvalue weighted by atomic mass is 10.0. The average Bonchev–Trinajstić information content (AvgIpc) is 2.28. The van der Waals surface area contributed by atoms with Gasteiger partial charge in [-0.05, 0) is 19.1 Å². The number of carbonyl (C=O) groups is 2. The molecule has 0 aromatic heterocycles. The molecule has 0 heterocycles. The first-order valence-corrected chi connectivity index (χ1v) is 4.88. The van der Waals surface area contributed by atoms with Crippen LogP contribution >= 0.6 is 11.6 Å². The van der Waals surface area contributed by atoms with Gasteiger partial charge in [0.2, 0.25) is 0 Å². The van der Waals surface area contributed by atoms with Gasteiger partial charge in [0.25, 0.3) is 0 Å². The van der Waals surface area contributed by atoms with Crippen molar-refractivity contribution in [1.82, 2.24) is 0 Å². The smallest absolute Gasteiger partial charge is 0.340 e. The van der Waals surface area contributed by atoms with Crippen molar-refractivity contribution in [2.24, 2.45) is 0 Å². The molecule has 0 atom stereocenters. The van der Waals surface area contributed by atoms with E-state index in [1.54, 1.807) is 6.92 Å². The molecule has 1 aromatic rings. The van der Waals surface area contributed by atoms with Crippen LogP contribution in [0.4, 0.5) is 0 Å². The fourth-order valence-corrected chi connectivity index (χ4v) is 1.43. The molecule has 0 aliphatic carbocycles. The van der Waals surface area contributed by atoms with Gasteiger partial charge in [0.15, 0.2) is 6.29 Å². The highest BCUT2D eigenvalue weighted by Crippen LogP contribution is 2.22. The third-order valence-corrected chi connectivity index (χ3v) is 2.24. The van der Waals surface area contributed by atoms with E-state index < -0.39 is 5.97 Å². The average molecular weight is 238 g/mol. The molecule has 16 heavy (non-hydrogen) atoms. The van der Waals surface area contributed by atoms with Gasteiger partial charge < -0.3 is 4.74 Å². The highest BCUT2D eigenvalue weighted by Gasteiger charge is 2.19. The van der Waals surface area contributed by atoms with Crippen LogP contribution in [0.3, 0.4) is 0 Å². The number of ether oxygens (including phenoxy) is 1. The van der Waals surface area contributed by atoms with Crippen molar-refractivity contribution in [1.29, 1.82) is 5.26 Å². The number of rotatable bonds is 3. The Hall–Kier alpha value is -1.86. The number of esters is 1. The van der Waals surface area contributed by atoms with E-state index in [-0.39, 0.29) is 28.3 Å². The van der Waals surface area contributed by atoms with E-state index in [0.717, 1.165) is 0 Å². The van der Waals surface area contributed by atoms with Gasteiger partial charge >= 0.3 is 5.97 Å². The number of nitriles is 1. The molecule has 0 unspecified atom stereocenters. The minimum atomic E-state index is -0.719. The molecule has 82 valence electrons. The van der Waals surface area contributed by atoms with E-state index >= 15 is 0 Å². The summed E-state index contributed by atoms with van der Waals surface area (Å²) in [7, 11) is 0. The molecular weight excluding hydrogens is 230 g/mol. The Bertz CT molecular complexity index is 477. The molecule has 0 aliphatic rings. The van der Waals surface area contributed by atoms with Crippen molar-refractivity contribution in [2.45, 2.75) is 6.92 Å². The molecule has 0 aliphatic heterocycles. The van der Waals surface area contributed by atoms with Crippen LogP contribution in [0.15, 0.2) is 12.1 Å². The Morgan fingerprint density at radius 1 is 1.62 bits per heavy atom. The summed E-state index contributed by atoms with van der Waals surface area (Å²) in [6, 6.07) is 4.59. The van der Waals surface area contributed by atoms with Crippen LogP contribution in [0.5, 0.6) is 0 Å². The van der Waals surface area contributed by atoms with Crippen LogP contribution in [0.2, 0.25) is 5.02 Å². The van der Waals surface area contributed by atoms with Gasteiger partial charge in [0, 0.05) is 5.56 Å². The van der Waals surface area contributed by atoms with Gasteiger partial charge in [0.05, 0.1) is 22.8 Å². The number of halogens is 1. The van der Waals surface area contributed by atoms with Crippen LogP contribution in [0, 0.1) is 11.3 Å². The number of aldehydes is 1. The van der Waals surface area contributed by atoms with Crippen LogP contribution in [0.1, 0.15) is 33.2 Å². The standard InChI is InChI=1S/C11H8ClNO3/c1-2-16-11(15)10-7(5-13)3-4-9(12)8(10)6-14/h3-4,6H,2H2,1H3. The summed E-state index contributed by atoms with van der Waals surface area (Å²) in [6.07, 6.45) is 0.440. The molecule has 4 nitrogen and oxygen atoms in total. The first kappa shape index (κ1) is 12.2. The zero-order valence-corrected chi connectivity index (χ0v) is 9.25. The molecule has 0 fully saturated rings. The third kappa shape index (κ3) is 2.20. The number of hydrogen-bond acceptors (Lipinski definition) is 4. The fourth-order valence-electron chi connectivity index (χ4n) is 1.23. The van der Waals surface area contributed by atoms with E-state index in [2.05, 4.69) is 0 Å². The summed E-state index contributed by atoms with van der Waals surface area (Å²) >= 11 is 5.75. The van der Waals surface area contributed by atoms with Gasteiger partial charge in [-0.15, -0.1) is 0 Å². The minimum Gasteiger partial charge on any atom is -0.462 e. The molecule has 0 amide bonds. The lowest BCUT2D eigenvalue weighted by Gasteiger charge is -2.07. The molecule has 0 spiro atoms. The second-order valence-corrected chi connectivity index (χ2v) is 3.24. The number of hydrogen-bond donors (Lipinski definition) is 0. The van der Waals surface area contributed by atoms with Crippen molar-refractivity contribution in [3.05, 3.63) is 33.8 Å². The Morgan fingerprint density at radius 3 is 2.81 bits per heavy atom. The minimum absolute atomic E-state index is 0.0147. The predicted molar refractivity (Wildman–Crippen MR) is 57.5 cm³/mol. The molecule has 0 radical (unpaired) electrons. The Balaban J connectivity index is 3.43. The zero-order chi connectivity index (χ0) is 12.1. The van der Waals surface area contributed by atoms with E-state index in [1.165, 1.54) is 12.1 Å². The van der Waals surface area contributed by atoms with Crippen molar-refractivity contribution in [3.8, 4) is 6.07 Å². The molecule has 0 bridgehead atoms. The van der Waals surface area contributed by atoms with E-state index in [0.29, 0.717) is 6.29 Å².